The molecule has 2 aliphatic rings. The number of carbonyl (C=O) groups excluding carboxylic acids is 2. The molecule has 3 aromatic rings. The molecule has 1 aliphatic carbocycles. The minimum Gasteiger partial charge on any atom is -0.481 e. The van der Waals surface area contributed by atoms with Crippen molar-refractivity contribution in [2.45, 2.75) is 44.6 Å². The normalized spacial score (nSPS) is 18.9. The number of nitrogens with zero attached hydrogens (tertiary/aromatic N) is 1. The highest BCUT2D eigenvalue weighted by molar-refractivity contribution is 5.87. The highest BCUT2D eigenvalue weighted by atomic mass is 16.5. The van der Waals surface area contributed by atoms with Gasteiger partial charge in [0.15, 0.2) is 0 Å². The van der Waals surface area contributed by atoms with Gasteiger partial charge in [0.2, 0.25) is 5.91 Å². The zero-order valence-corrected chi connectivity index (χ0v) is 23.8. The molecule has 5 rings (SSSR count). The smallest absolute Gasteiger partial charge is 0.407 e. The Morgan fingerprint density at radius 2 is 1.57 bits per heavy atom. The Hall–Kier alpha value is -4.21. The predicted octanol–water partition coefficient (Wildman–Crippen LogP) is 4.45. The van der Waals surface area contributed by atoms with E-state index in [9.17, 15) is 19.5 Å². The van der Waals surface area contributed by atoms with Gasteiger partial charge in [-0.3, -0.25) is 9.59 Å². The Morgan fingerprint density at radius 1 is 0.952 bits per heavy atom. The number of likely N-dealkylation sites (N-methyl/N-ethyl adjacent to an activating group) is 1. The van der Waals surface area contributed by atoms with Crippen LogP contribution in [0.5, 0.6) is 0 Å². The van der Waals surface area contributed by atoms with E-state index in [-0.39, 0.29) is 38.9 Å². The molecule has 0 saturated carbocycles. The summed E-state index contributed by atoms with van der Waals surface area (Å²) in [6.45, 7) is 4.17. The fraction of sp³-hybridized carbons (Fsp3) is 0.364. The quantitative estimate of drug-likeness (QED) is 0.349. The summed E-state index contributed by atoms with van der Waals surface area (Å²) in [5, 5.41) is 12.4. The van der Waals surface area contributed by atoms with Gasteiger partial charge < -0.3 is 29.5 Å². The van der Waals surface area contributed by atoms with E-state index in [0.29, 0.717) is 0 Å². The van der Waals surface area contributed by atoms with Crippen molar-refractivity contribution < 1.29 is 33.7 Å². The minimum atomic E-state index is -1.11. The number of carboxylic acids is 1. The van der Waals surface area contributed by atoms with E-state index in [0.717, 1.165) is 27.8 Å². The first-order valence-electron chi connectivity index (χ1n) is 14.3. The Labute approximate surface area is 245 Å². The summed E-state index contributed by atoms with van der Waals surface area (Å²) in [5.74, 6) is -2.47. The summed E-state index contributed by atoms with van der Waals surface area (Å²) in [7, 11) is 0. The van der Waals surface area contributed by atoms with Gasteiger partial charge >= 0.3 is 12.1 Å². The van der Waals surface area contributed by atoms with E-state index in [1.807, 2.05) is 66.7 Å². The van der Waals surface area contributed by atoms with Crippen LogP contribution in [0.3, 0.4) is 0 Å². The standard InChI is InChI=1S/C33H36N2O7/c1-3-35(29-20-40-18-28(29)32(37)38)31(36)30(21(2)41-17-22-11-5-4-6-12-22)34-33(39)42-19-27-25-15-9-7-13-23(25)24-14-8-10-16-26(24)27/h4-16,21,27-30H,3,17-20H2,1-2H3,(H,34,39)(H,37,38)/t21-,28?,29?,30+/m0/s1. The lowest BCUT2D eigenvalue weighted by Gasteiger charge is -2.34. The van der Waals surface area contributed by atoms with Crippen LogP contribution in [0, 0.1) is 5.92 Å². The molecule has 9 heteroatoms. The van der Waals surface area contributed by atoms with E-state index in [1.54, 1.807) is 13.8 Å². The maximum atomic E-state index is 13.9. The number of amides is 2. The molecule has 0 bridgehead atoms. The number of carbonyl (C=O) groups is 3. The second-order valence-electron chi connectivity index (χ2n) is 10.6. The molecular weight excluding hydrogens is 536 g/mol. The van der Waals surface area contributed by atoms with Gasteiger partial charge in [0.25, 0.3) is 0 Å². The number of nitrogens with one attached hydrogen (secondary N) is 1. The summed E-state index contributed by atoms with van der Waals surface area (Å²) < 4.78 is 17.2. The molecule has 1 aliphatic heterocycles. The Bertz CT molecular complexity index is 1370. The Balaban J connectivity index is 1.32. The van der Waals surface area contributed by atoms with Gasteiger partial charge in [-0.05, 0) is 41.7 Å². The lowest BCUT2D eigenvalue weighted by molar-refractivity contribution is -0.146. The van der Waals surface area contributed by atoms with Gasteiger partial charge in [-0.2, -0.15) is 0 Å². The molecule has 0 radical (unpaired) electrons. The molecule has 9 nitrogen and oxygen atoms in total. The highest BCUT2D eigenvalue weighted by Crippen LogP contribution is 2.44. The number of carboxylic acid groups (broad SMARTS) is 1. The maximum Gasteiger partial charge on any atom is 0.407 e. The van der Waals surface area contributed by atoms with Crippen LogP contribution in [0.4, 0.5) is 4.79 Å². The summed E-state index contributed by atoms with van der Waals surface area (Å²) in [5.41, 5.74) is 5.31. The van der Waals surface area contributed by atoms with Crippen molar-refractivity contribution in [1.29, 1.82) is 0 Å². The largest absolute Gasteiger partial charge is 0.481 e. The van der Waals surface area contributed by atoms with E-state index in [4.69, 9.17) is 14.2 Å². The number of hydrogen-bond acceptors (Lipinski definition) is 6. The van der Waals surface area contributed by atoms with Crippen molar-refractivity contribution in [3.63, 3.8) is 0 Å². The van der Waals surface area contributed by atoms with E-state index >= 15 is 0 Å². The number of rotatable bonds is 11. The van der Waals surface area contributed by atoms with E-state index < -0.39 is 42.1 Å². The summed E-state index contributed by atoms with van der Waals surface area (Å²) in [6.07, 6.45) is -1.49. The van der Waals surface area contributed by atoms with Crippen LogP contribution in [-0.2, 0) is 30.4 Å². The molecule has 1 fully saturated rings. The topological polar surface area (TPSA) is 114 Å². The summed E-state index contributed by atoms with van der Waals surface area (Å²) in [4.78, 5) is 40.5. The number of alkyl carbamates (subject to hydrolysis) is 1. The SMILES string of the molecule is CCN(C(=O)[C@H](NC(=O)OCC1c2ccccc2-c2ccccc21)[C@H](C)OCc1ccccc1)C1COCC1C(=O)O. The number of benzene rings is 3. The van der Waals surface area contributed by atoms with Crippen molar-refractivity contribution in [3.8, 4) is 11.1 Å². The zero-order chi connectivity index (χ0) is 29.6. The maximum absolute atomic E-state index is 13.9. The fourth-order valence-corrected chi connectivity index (χ4v) is 5.86. The van der Waals surface area contributed by atoms with E-state index in [2.05, 4.69) is 17.4 Å². The minimum absolute atomic E-state index is 0.0221. The average molecular weight is 573 g/mol. The fourth-order valence-electron chi connectivity index (χ4n) is 5.86. The molecule has 1 heterocycles. The summed E-state index contributed by atoms with van der Waals surface area (Å²) >= 11 is 0. The second kappa shape index (κ2) is 13.2. The van der Waals surface area contributed by atoms with Crippen molar-refractivity contribution in [1.82, 2.24) is 10.2 Å². The molecule has 2 N–H and O–H groups in total. The molecule has 42 heavy (non-hydrogen) atoms. The second-order valence-corrected chi connectivity index (χ2v) is 10.6. The number of aliphatic carboxylic acids is 1. The third kappa shape index (κ3) is 6.17. The first-order chi connectivity index (χ1) is 20.4. The number of ether oxygens (including phenoxy) is 3. The molecule has 3 aromatic carbocycles. The van der Waals surface area contributed by atoms with Crippen LogP contribution in [0.2, 0.25) is 0 Å². The van der Waals surface area contributed by atoms with Crippen LogP contribution in [0.15, 0.2) is 78.9 Å². The first kappa shape index (κ1) is 29.3. The number of hydrogen-bond donors (Lipinski definition) is 2. The highest BCUT2D eigenvalue weighted by Gasteiger charge is 2.43. The van der Waals surface area contributed by atoms with Gasteiger partial charge in [0, 0.05) is 12.5 Å². The van der Waals surface area contributed by atoms with Gasteiger partial charge in [-0.1, -0.05) is 78.9 Å². The molecule has 2 amide bonds. The molecule has 4 atom stereocenters. The van der Waals surface area contributed by atoms with Crippen molar-refractivity contribution in [2.75, 3.05) is 26.4 Å². The number of fused-ring (bicyclic) bond motifs is 3. The van der Waals surface area contributed by atoms with Crippen molar-refractivity contribution >= 4 is 18.0 Å². The molecule has 1 saturated heterocycles. The van der Waals surface area contributed by atoms with E-state index in [1.165, 1.54) is 4.90 Å². The Kier molecular flexibility index (Phi) is 9.19. The van der Waals surface area contributed by atoms with Crippen LogP contribution < -0.4 is 5.32 Å². The lowest BCUT2D eigenvalue weighted by Crippen LogP contribution is -2.58. The van der Waals surface area contributed by atoms with Crippen LogP contribution >= 0.6 is 0 Å². The molecule has 0 aromatic heterocycles. The zero-order valence-electron chi connectivity index (χ0n) is 23.8. The van der Waals surface area contributed by atoms with Crippen molar-refractivity contribution in [3.05, 3.63) is 95.6 Å². The molecule has 2 unspecified atom stereocenters. The third-order valence-corrected chi connectivity index (χ3v) is 8.10. The molecular formula is C33H36N2O7. The van der Waals surface area contributed by atoms with Gasteiger partial charge in [0.05, 0.1) is 32.0 Å². The predicted molar refractivity (Wildman–Crippen MR) is 156 cm³/mol. The van der Waals surface area contributed by atoms with Crippen LogP contribution in [0.25, 0.3) is 11.1 Å². The van der Waals surface area contributed by atoms with Crippen LogP contribution in [-0.4, -0.2) is 72.5 Å². The summed E-state index contributed by atoms with van der Waals surface area (Å²) in [6, 6.07) is 23.8. The average Bonchev–Trinajstić information content (AvgIpc) is 3.62. The van der Waals surface area contributed by atoms with Gasteiger partial charge in [-0.15, -0.1) is 0 Å². The van der Waals surface area contributed by atoms with Gasteiger partial charge in [-0.25, -0.2) is 4.79 Å². The van der Waals surface area contributed by atoms with Gasteiger partial charge in [0.1, 0.15) is 18.6 Å². The monoisotopic (exact) mass is 572 g/mol. The Morgan fingerprint density at radius 3 is 2.19 bits per heavy atom. The van der Waals surface area contributed by atoms with Crippen molar-refractivity contribution in [2.24, 2.45) is 5.92 Å². The lowest BCUT2D eigenvalue weighted by atomic mass is 9.98. The van der Waals surface area contributed by atoms with Crippen LogP contribution in [0.1, 0.15) is 36.5 Å². The molecule has 220 valence electrons. The third-order valence-electron chi connectivity index (χ3n) is 8.10. The molecule has 0 spiro atoms. The first-order valence-corrected chi connectivity index (χ1v) is 14.3.